The summed E-state index contributed by atoms with van der Waals surface area (Å²) in [6, 6.07) is 0. The third kappa shape index (κ3) is 3.64. The zero-order valence-electron chi connectivity index (χ0n) is 6.74. The largest absolute Gasteiger partial charge is 0.391 e. The summed E-state index contributed by atoms with van der Waals surface area (Å²) in [6.07, 6.45) is 1.36. The van der Waals surface area contributed by atoms with Gasteiger partial charge in [0.05, 0.1) is 19.9 Å². The van der Waals surface area contributed by atoms with Gasteiger partial charge in [0.1, 0.15) is 0 Å². The van der Waals surface area contributed by atoms with E-state index >= 15 is 0 Å². The summed E-state index contributed by atoms with van der Waals surface area (Å²) in [4.78, 5) is 4.77. The van der Waals surface area contributed by atoms with E-state index in [1.807, 2.05) is 0 Å². The molecule has 0 aliphatic carbocycles. The quantitative estimate of drug-likeness (QED) is 0.459. The van der Waals surface area contributed by atoms with Crippen molar-refractivity contribution >= 4 is 6.21 Å². The molecule has 1 saturated heterocycles. The fourth-order valence-electron chi connectivity index (χ4n) is 0.762. The molecule has 0 saturated carbocycles. The van der Waals surface area contributed by atoms with E-state index in [-0.39, 0.29) is 19.3 Å². The van der Waals surface area contributed by atoms with E-state index in [0.29, 0.717) is 13.2 Å². The lowest BCUT2D eigenvalue weighted by molar-refractivity contribution is -0.0933. The van der Waals surface area contributed by atoms with Gasteiger partial charge in [0.2, 0.25) is 0 Å². The molecule has 0 spiro atoms. The highest BCUT2D eigenvalue weighted by molar-refractivity contribution is 5.56. The Morgan fingerprint density at radius 3 is 2.92 bits per heavy atom. The van der Waals surface area contributed by atoms with Gasteiger partial charge in [-0.2, -0.15) is 0 Å². The Labute approximate surface area is 70.3 Å². The number of halogens is 1. The Kier molecular flexibility index (Phi) is 4.63. The van der Waals surface area contributed by atoms with Crippen molar-refractivity contribution < 1.29 is 18.7 Å². The predicted octanol–water partition coefficient (Wildman–Crippen LogP) is 0.721. The predicted molar refractivity (Wildman–Crippen MR) is 40.7 cm³/mol. The number of alkyl halides is 1. The molecule has 5 heteroatoms. The highest BCUT2D eigenvalue weighted by atomic mass is 19.1. The van der Waals surface area contributed by atoms with Crippen LogP contribution in [-0.2, 0) is 14.3 Å². The van der Waals surface area contributed by atoms with Crippen LogP contribution in [0.5, 0.6) is 0 Å². The fourth-order valence-corrected chi connectivity index (χ4v) is 0.762. The lowest BCUT2D eigenvalue weighted by Gasteiger charge is -2.05. The normalized spacial score (nSPS) is 19.1. The summed E-state index contributed by atoms with van der Waals surface area (Å²) in [5.74, 6) is 0. The highest BCUT2D eigenvalue weighted by Crippen LogP contribution is 2.03. The maximum Gasteiger partial charge on any atom is 0.194 e. The highest BCUT2D eigenvalue weighted by Gasteiger charge is 2.15. The summed E-state index contributed by atoms with van der Waals surface area (Å²) >= 11 is 0. The molecule has 1 aliphatic heterocycles. The van der Waals surface area contributed by atoms with Gasteiger partial charge in [0.25, 0.3) is 0 Å². The van der Waals surface area contributed by atoms with Crippen LogP contribution in [-0.4, -0.2) is 39.0 Å². The molecule has 0 atom stereocenters. The van der Waals surface area contributed by atoms with Crippen molar-refractivity contribution in [3.05, 3.63) is 0 Å². The van der Waals surface area contributed by atoms with E-state index in [0.717, 1.165) is 0 Å². The zero-order chi connectivity index (χ0) is 8.65. The van der Waals surface area contributed by atoms with Gasteiger partial charge in [-0.05, 0) is 0 Å². The Bertz CT molecular complexity index is 137. The molecule has 1 fully saturated rings. The van der Waals surface area contributed by atoms with Crippen molar-refractivity contribution in [3.8, 4) is 0 Å². The maximum atomic E-state index is 11.5. The zero-order valence-corrected chi connectivity index (χ0v) is 6.74. The molecule has 0 amide bonds. The Hall–Kier alpha value is -0.680. The Morgan fingerprint density at radius 2 is 2.25 bits per heavy atom. The van der Waals surface area contributed by atoms with Gasteiger partial charge in [0.15, 0.2) is 12.9 Å². The van der Waals surface area contributed by atoms with Crippen molar-refractivity contribution in [2.75, 3.05) is 26.5 Å². The van der Waals surface area contributed by atoms with Crippen LogP contribution in [0.3, 0.4) is 0 Å². The first-order valence-corrected chi connectivity index (χ1v) is 3.86. The average molecular weight is 177 g/mol. The van der Waals surface area contributed by atoms with Crippen molar-refractivity contribution in [2.45, 2.75) is 12.7 Å². The molecular formula is C7H12FNO3. The third-order valence-corrected chi connectivity index (χ3v) is 1.29. The number of rotatable bonds is 5. The van der Waals surface area contributed by atoms with Gasteiger partial charge in [-0.25, -0.2) is 0 Å². The van der Waals surface area contributed by atoms with Gasteiger partial charge in [-0.1, -0.05) is 5.16 Å². The molecule has 4 nitrogen and oxygen atoms in total. The van der Waals surface area contributed by atoms with Crippen LogP contribution in [0.15, 0.2) is 5.16 Å². The first-order chi connectivity index (χ1) is 5.93. The number of hydrogen-bond donors (Lipinski definition) is 0. The van der Waals surface area contributed by atoms with Crippen LogP contribution < -0.4 is 0 Å². The lowest BCUT2D eigenvalue weighted by Crippen LogP contribution is -2.14. The molecule has 70 valence electrons. The van der Waals surface area contributed by atoms with Gasteiger partial charge in [0, 0.05) is 12.6 Å². The summed E-state index contributed by atoms with van der Waals surface area (Å²) < 4.78 is 21.7. The minimum atomic E-state index is -0.413. The number of hydrogen-bond acceptors (Lipinski definition) is 4. The summed E-state index contributed by atoms with van der Waals surface area (Å²) in [6.45, 7) is 1.05. The van der Waals surface area contributed by atoms with E-state index in [2.05, 4.69) is 5.16 Å². The number of ether oxygens (including phenoxy) is 2. The van der Waals surface area contributed by atoms with Crippen LogP contribution in [0.1, 0.15) is 6.42 Å². The molecule has 1 aliphatic rings. The summed E-state index contributed by atoms with van der Waals surface area (Å²) in [5, 5.41) is 3.50. The molecule has 0 aromatic heterocycles. The average Bonchev–Trinajstić information content (AvgIpc) is 2.57. The first-order valence-electron chi connectivity index (χ1n) is 3.86. The Balaban J connectivity index is 1.94. The minimum absolute atomic E-state index is 0.267. The SMILES string of the molecule is FCCC=NOCC1OCCO1. The number of oxime groups is 1. The van der Waals surface area contributed by atoms with Crippen LogP contribution in [0.2, 0.25) is 0 Å². The smallest absolute Gasteiger partial charge is 0.194 e. The molecule has 0 aromatic rings. The topological polar surface area (TPSA) is 40.0 Å². The van der Waals surface area contributed by atoms with E-state index in [1.54, 1.807) is 0 Å². The van der Waals surface area contributed by atoms with Crippen LogP contribution in [0.25, 0.3) is 0 Å². The van der Waals surface area contributed by atoms with E-state index in [4.69, 9.17) is 14.3 Å². The van der Waals surface area contributed by atoms with E-state index < -0.39 is 6.67 Å². The second-order valence-electron chi connectivity index (χ2n) is 2.23. The molecular weight excluding hydrogens is 165 g/mol. The van der Waals surface area contributed by atoms with Gasteiger partial charge < -0.3 is 14.3 Å². The Morgan fingerprint density at radius 1 is 1.50 bits per heavy atom. The molecule has 0 radical (unpaired) electrons. The van der Waals surface area contributed by atoms with Crippen molar-refractivity contribution in [3.63, 3.8) is 0 Å². The van der Waals surface area contributed by atoms with E-state index in [9.17, 15) is 4.39 Å². The maximum absolute atomic E-state index is 11.5. The van der Waals surface area contributed by atoms with Crippen LogP contribution in [0, 0.1) is 0 Å². The second kappa shape index (κ2) is 5.91. The molecule has 1 heterocycles. The van der Waals surface area contributed by atoms with Gasteiger partial charge in [-0.3, -0.25) is 4.39 Å². The molecule has 1 rings (SSSR count). The van der Waals surface area contributed by atoms with Crippen molar-refractivity contribution in [1.29, 1.82) is 0 Å². The van der Waals surface area contributed by atoms with E-state index in [1.165, 1.54) is 6.21 Å². The number of nitrogens with zero attached hydrogens (tertiary/aromatic N) is 1. The minimum Gasteiger partial charge on any atom is -0.391 e. The first kappa shape index (κ1) is 9.41. The molecule has 0 unspecified atom stereocenters. The monoisotopic (exact) mass is 177 g/mol. The van der Waals surface area contributed by atoms with Gasteiger partial charge >= 0.3 is 0 Å². The molecule has 0 bridgehead atoms. The lowest BCUT2D eigenvalue weighted by atomic mass is 10.5. The van der Waals surface area contributed by atoms with Gasteiger partial charge in [-0.15, -0.1) is 0 Å². The third-order valence-electron chi connectivity index (χ3n) is 1.29. The van der Waals surface area contributed by atoms with Crippen molar-refractivity contribution in [1.82, 2.24) is 0 Å². The van der Waals surface area contributed by atoms with Crippen LogP contribution in [0.4, 0.5) is 4.39 Å². The van der Waals surface area contributed by atoms with Crippen LogP contribution >= 0.6 is 0 Å². The standard InChI is InChI=1S/C7H12FNO3/c8-2-1-3-9-12-6-7-10-4-5-11-7/h3,7H,1-2,4-6H2. The molecule has 12 heavy (non-hydrogen) atoms. The summed E-state index contributed by atoms with van der Waals surface area (Å²) in [7, 11) is 0. The second-order valence-corrected chi connectivity index (χ2v) is 2.23. The molecule has 0 N–H and O–H groups in total. The fraction of sp³-hybridized carbons (Fsp3) is 0.857. The molecule has 0 aromatic carbocycles. The summed E-state index contributed by atoms with van der Waals surface area (Å²) in [5.41, 5.74) is 0. The van der Waals surface area contributed by atoms with Crippen molar-refractivity contribution in [2.24, 2.45) is 5.16 Å².